The minimum absolute atomic E-state index is 0.0603. The normalized spacial score (nSPS) is 22.8. The first-order valence-corrected chi connectivity index (χ1v) is 16.6. The first-order valence-electron chi connectivity index (χ1n) is 15.0. The van der Waals surface area contributed by atoms with E-state index in [9.17, 15) is 18.9 Å². The molecule has 1 aliphatic heterocycles. The van der Waals surface area contributed by atoms with E-state index < -0.39 is 75.0 Å². The van der Waals surface area contributed by atoms with Crippen molar-refractivity contribution < 1.29 is 51.3 Å². The number of rotatable bonds is 15. The highest BCUT2D eigenvalue weighted by Gasteiger charge is 2.61. The number of halogens is 1. The highest BCUT2D eigenvalue weighted by molar-refractivity contribution is 7.52. The molecule has 1 saturated heterocycles. The number of nitrogens with two attached hydrogens (primary N) is 1. The molecule has 0 saturated carbocycles. The largest absolute Gasteiger partial charge is 0.462 e. The van der Waals surface area contributed by atoms with Crippen LogP contribution in [0.2, 0.25) is 0 Å². The molecule has 1 fully saturated rings. The number of para-hydroxylation sites is 1. The number of fused-ring (bicyclic) bond motifs is 1. The van der Waals surface area contributed by atoms with Gasteiger partial charge in [0.1, 0.15) is 36.4 Å². The number of aromatic nitrogens is 3. The van der Waals surface area contributed by atoms with E-state index in [4.69, 9.17) is 33.7 Å². The summed E-state index contributed by atoms with van der Waals surface area (Å²) < 4.78 is 65.5. The molecule has 0 spiro atoms. The fraction of sp³-hybridized carbons (Fsp3) is 0.500. The molecule has 0 radical (unpaired) electrons. The maximum atomic E-state index is 15.5. The Hall–Kier alpha value is -4.11. The Morgan fingerprint density at radius 1 is 1.09 bits per heavy atom. The Labute approximate surface area is 270 Å². The predicted molar refractivity (Wildman–Crippen MR) is 165 cm³/mol. The first-order chi connectivity index (χ1) is 22.3. The number of esters is 3. The number of hydrogen-bond donors (Lipinski definition) is 2. The molecule has 15 nitrogen and oxygen atoms in total. The van der Waals surface area contributed by atoms with Crippen molar-refractivity contribution in [2.75, 3.05) is 19.0 Å². The molecule has 3 N–H and O–H groups in total. The van der Waals surface area contributed by atoms with Crippen LogP contribution < -0.4 is 15.3 Å². The monoisotopic (exact) mass is 679 g/mol. The van der Waals surface area contributed by atoms with Gasteiger partial charge >= 0.3 is 25.7 Å². The van der Waals surface area contributed by atoms with Gasteiger partial charge in [-0.2, -0.15) is 10.2 Å². The summed E-state index contributed by atoms with van der Waals surface area (Å²) in [5.41, 5.74) is 4.46. The molecule has 17 heteroatoms. The molecule has 6 atom stereocenters. The minimum atomic E-state index is -4.54. The van der Waals surface area contributed by atoms with E-state index >= 15 is 4.39 Å². The summed E-state index contributed by atoms with van der Waals surface area (Å²) in [6.07, 6.45) is -3.73. The molecular formula is C30H39FN5O10P. The van der Waals surface area contributed by atoms with Gasteiger partial charge in [-0.25, -0.2) is 18.5 Å². The van der Waals surface area contributed by atoms with Crippen LogP contribution in [0.4, 0.5) is 10.2 Å². The molecule has 0 amide bonds. The zero-order valence-corrected chi connectivity index (χ0v) is 27.6. The number of ether oxygens (including phenoxy) is 4. The number of nitrogens with zero attached hydrogens (tertiary/aromatic N) is 3. The third-order valence-electron chi connectivity index (χ3n) is 7.11. The number of anilines is 1. The molecule has 3 heterocycles. The summed E-state index contributed by atoms with van der Waals surface area (Å²) in [6.45, 7) is 5.55. The Morgan fingerprint density at radius 3 is 2.40 bits per heavy atom. The van der Waals surface area contributed by atoms with Crippen LogP contribution >= 0.6 is 7.75 Å². The lowest BCUT2D eigenvalue weighted by molar-refractivity contribution is -0.174. The molecule has 47 heavy (non-hydrogen) atoms. The summed E-state index contributed by atoms with van der Waals surface area (Å²) in [4.78, 5) is 42.0. The van der Waals surface area contributed by atoms with Crippen molar-refractivity contribution in [2.45, 2.75) is 83.5 Å². The third kappa shape index (κ3) is 8.25. The molecular weight excluding hydrogens is 640 g/mol. The Bertz CT molecular complexity index is 1610. The van der Waals surface area contributed by atoms with Crippen LogP contribution in [0, 0.1) is 0 Å². The predicted octanol–water partition coefficient (Wildman–Crippen LogP) is 3.87. The summed E-state index contributed by atoms with van der Waals surface area (Å²) in [7, 11) is -4.54. The fourth-order valence-electron chi connectivity index (χ4n) is 4.81. The molecule has 0 bridgehead atoms. The first kappa shape index (κ1) is 35.7. The SMILES string of the molecule is CCC(=O)O[C@H]1[C@H](c2ccc3c(N)ncnn23)O[C@](CF)(CO[P@@](=O)(NC(C)C(=O)OC(C)C)Oc2ccccc2)[C@H]1OC(=O)CC. The van der Waals surface area contributed by atoms with Gasteiger partial charge in [0.2, 0.25) is 0 Å². The van der Waals surface area contributed by atoms with Gasteiger partial charge < -0.3 is 29.2 Å². The molecule has 1 aliphatic rings. The molecule has 1 unspecified atom stereocenters. The van der Waals surface area contributed by atoms with Crippen LogP contribution in [0.1, 0.15) is 59.3 Å². The van der Waals surface area contributed by atoms with Crippen molar-refractivity contribution in [3.8, 4) is 5.75 Å². The lowest BCUT2D eigenvalue weighted by Gasteiger charge is -2.33. The highest BCUT2D eigenvalue weighted by atomic mass is 31.2. The lowest BCUT2D eigenvalue weighted by atomic mass is 9.95. The van der Waals surface area contributed by atoms with Crippen LogP contribution in [0.15, 0.2) is 48.8 Å². The van der Waals surface area contributed by atoms with E-state index in [1.54, 1.807) is 51.1 Å². The van der Waals surface area contributed by atoms with Gasteiger partial charge in [-0.05, 0) is 45.0 Å². The van der Waals surface area contributed by atoms with Gasteiger partial charge in [0.05, 0.1) is 18.4 Å². The van der Waals surface area contributed by atoms with E-state index in [1.807, 2.05) is 0 Å². The third-order valence-corrected chi connectivity index (χ3v) is 8.74. The second-order valence-corrected chi connectivity index (χ2v) is 12.7. The van der Waals surface area contributed by atoms with Crippen molar-refractivity contribution >= 4 is 37.0 Å². The quantitative estimate of drug-likeness (QED) is 0.134. The van der Waals surface area contributed by atoms with Crippen molar-refractivity contribution in [1.29, 1.82) is 0 Å². The van der Waals surface area contributed by atoms with Crippen LogP contribution in [0.3, 0.4) is 0 Å². The standard InChI is InChI=1S/C30H39FN5O10P/c1-6-23(37)43-26-25(21-13-14-22-28(32)33-17-34-36(21)22)45-30(15-31,27(26)44-24(38)7-2)16-41-47(40,46-20-11-9-8-10-12-20)35-19(5)29(39)42-18(3)4/h8-14,17-19,25-27H,6-7,15-16H2,1-5H3,(H,35,40)(H2,32,33,34)/t19?,25-,26-,27-,30+,47-/m0/s1. The van der Waals surface area contributed by atoms with E-state index in [0.717, 1.165) is 0 Å². The number of alkyl halides is 1. The van der Waals surface area contributed by atoms with Gasteiger partial charge in [0, 0.05) is 12.8 Å². The van der Waals surface area contributed by atoms with Crippen LogP contribution in [-0.2, 0) is 42.4 Å². The fourth-order valence-corrected chi connectivity index (χ4v) is 6.36. The number of hydrogen-bond acceptors (Lipinski definition) is 13. The minimum Gasteiger partial charge on any atom is -0.462 e. The average Bonchev–Trinajstić information content (AvgIpc) is 3.60. The molecule has 2 aromatic heterocycles. The molecule has 3 aromatic rings. The topological polar surface area (TPSA) is 192 Å². The van der Waals surface area contributed by atoms with Crippen LogP contribution in [0.5, 0.6) is 5.75 Å². The number of nitrogens with one attached hydrogen (secondary N) is 1. The number of carbonyl (C=O) groups is 3. The summed E-state index contributed by atoms with van der Waals surface area (Å²) in [5, 5.41) is 6.74. The van der Waals surface area contributed by atoms with E-state index in [2.05, 4.69) is 15.2 Å². The zero-order chi connectivity index (χ0) is 34.4. The molecule has 4 rings (SSSR count). The van der Waals surface area contributed by atoms with Gasteiger partial charge in [-0.1, -0.05) is 32.0 Å². The van der Waals surface area contributed by atoms with Gasteiger partial charge in [-0.15, -0.1) is 0 Å². The molecule has 0 aliphatic carbocycles. The van der Waals surface area contributed by atoms with Crippen molar-refractivity contribution in [3.05, 3.63) is 54.5 Å². The smallest absolute Gasteiger partial charge is 0.459 e. The second-order valence-electron chi connectivity index (χ2n) is 11.0. The maximum absolute atomic E-state index is 15.5. The summed E-state index contributed by atoms with van der Waals surface area (Å²) in [5.74, 6) is -1.96. The highest BCUT2D eigenvalue weighted by Crippen LogP contribution is 2.50. The number of benzene rings is 1. The lowest BCUT2D eigenvalue weighted by Crippen LogP contribution is -2.52. The number of nitrogen functional groups attached to an aromatic ring is 1. The van der Waals surface area contributed by atoms with E-state index in [0.29, 0.717) is 5.52 Å². The Kier molecular flexibility index (Phi) is 11.6. The molecule has 1 aromatic carbocycles. The summed E-state index contributed by atoms with van der Waals surface area (Å²) in [6, 6.07) is 9.90. The average molecular weight is 680 g/mol. The van der Waals surface area contributed by atoms with Gasteiger partial charge in [0.25, 0.3) is 0 Å². The Balaban J connectivity index is 1.76. The summed E-state index contributed by atoms with van der Waals surface area (Å²) >= 11 is 0. The second kappa shape index (κ2) is 15.2. The van der Waals surface area contributed by atoms with E-state index in [1.165, 1.54) is 36.8 Å². The number of carbonyl (C=O) groups excluding carboxylic acids is 3. The van der Waals surface area contributed by atoms with E-state index in [-0.39, 0.29) is 30.1 Å². The zero-order valence-electron chi connectivity index (χ0n) is 26.7. The van der Waals surface area contributed by atoms with Crippen LogP contribution in [0.25, 0.3) is 5.52 Å². The van der Waals surface area contributed by atoms with Gasteiger partial charge in [0.15, 0.2) is 23.6 Å². The maximum Gasteiger partial charge on any atom is 0.459 e. The van der Waals surface area contributed by atoms with Gasteiger partial charge in [-0.3, -0.25) is 18.9 Å². The van der Waals surface area contributed by atoms with Crippen molar-refractivity contribution in [2.24, 2.45) is 0 Å². The van der Waals surface area contributed by atoms with Crippen LogP contribution in [-0.4, -0.2) is 75.7 Å². The van der Waals surface area contributed by atoms with Crippen molar-refractivity contribution in [1.82, 2.24) is 19.7 Å². The molecule has 256 valence electrons. The Morgan fingerprint density at radius 2 is 1.77 bits per heavy atom. The van der Waals surface area contributed by atoms with Crippen molar-refractivity contribution in [3.63, 3.8) is 0 Å².